The van der Waals surface area contributed by atoms with Gasteiger partial charge in [-0.15, -0.1) is 0 Å². The van der Waals surface area contributed by atoms with Crippen molar-refractivity contribution in [3.8, 4) is 11.1 Å². The summed E-state index contributed by atoms with van der Waals surface area (Å²) in [6.45, 7) is 0.571. The second-order valence-corrected chi connectivity index (χ2v) is 9.48. The van der Waals surface area contributed by atoms with Crippen LogP contribution in [-0.4, -0.2) is 54.3 Å². The molecular formula is C25H28N2O5S. The number of thioether (sulfide) groups is 1. The van der Waals surface area contributed by atoms with E-state index in [4.69, 9.17) is 4.74 Å². The molecule has 0 aliphatic heterocycles. The number of alkyl carbamates (subject to hydrolysis) is 1. The van der Waals surface area contributed by atoms with E-state index in [9.17, 15) is 19.5 Å². The fourth-order valence-electron chi connectivity index (χ4n) is 4.43. The highest BCUT2D eigenvalue weighted by atomic mass is 32.2. The smallest absolute Gasteiger partial charge is 0.407 e. The molecule has 4 rings (SSSR count). The summed E-state index contributed by atoms with van der Waals surface area (Å²) < 4.78 is 5.52. The van der Waals surface area contributed by atoms with E-state index in [1.165, 1.54) is 11.1 Å². The first-order valence-corrected chi connectivity index (χ1v) is 12.5. The number of carboxylic acids is 1. The fraction of sp³-hybridized carbons (Fsp3) is 0.400. The van der Waals surface area contributed by atoms with Gasteiger partial charge in [0.2, 0.25) is 5.91 Å². The van der Waals surface area contributed by atoms with Crippen molar-refractivity contribution in [2.75, 3.05) is 25.2 Å². The van der Waals surface area contributed by atoms with Crippen LogP contribution in [0.5, 0.6) is 0 Å². The van der Waals surface area contributed by atoms with E-state index in [2.05, 4.69) is 34.9 Å². The number of fused-ring (bicyclic) bond motifs is 3. The van der Waals surface area contributed by atoms with E-state index >= 15 is 0 Å². The molecule has 1 saturated carbocycles. The van der Waals surface area contributed by atoms with Crippen LogP contribution in [0.25, 0.3) is 11.1 Å². The number of rotatable bonds is 10. The Labute approximate surface area is 197 Å². The number of carbonyl (C=O) groups is 3. The van der Waals surface area contributed by atoms with Gasteiger partial charge in [-0.25, -0.2) is 9.59 Å². The molecule has 2 aromatic rings. The van der Waals surface area contributed by atoms with Gasteiger partial charge in [0.25, 0.3) is 0 Å². The van der Waals surface area contributed by atoms with Crippen LogP contribution in [-0.2, 0) is 14.3 Å². The van der Waals surface area contributed by atoms with E-state index in [0.29, 0.717) is 25.1 Å². The first kappa shape index (κ1) is 23.2. The molecule has 3 N–H and O–H groups in total. The number of benzene rings is 2. The van der Waals surface area contributed by atoms with Crippen LogP contribution in [0.1, 0.15) is 29.9 Å². The molecule has 0 bridgehead atoms. The minimum atomic E-state index is -1.02. The molecule has 1 fully saturated rings. The fourth-order valence-corrected chi connectivity index (χ4v) is 4.90. The van der Waals surface area contributed by atoms with Crippen LogP contribution < -0.4 is 10.6 Å². The zero-order chi connectivity index (χ0) is 23.4. The third-order valence-electron chi connectivity index (χ3n) is 6.34. The molecule has 8 heteroatoms. The molecule has 0 saturated heterocycles. The summed E-state index contributed by atoms with van der Waals surface area (Å²) in [6.07, 6.45) is 2.40. The van der Waals surface area contributed by atoms with Gasteiger partial charge in [-0.2, -0.15) is 11.8 Å². The van der Waals surface area contributed by atoms with E-state index < -0.39 is 18.1 Å². The van der Waals surface area contributed by atoms with Crippen LogP contribution in [0.2, 0.25) is 0 Å². The number of aliphatic carboxylic acids is 1. The lowest BCUT2D eigenvalue weighted by Crippen LogP contribution is -2.42. The molecule has 3 atom stereocenters. The van der Waals surface area contributed by atoms with Crippen molar-refractivity contribution >= 4 is 29.7 Å². The highest BCUT2D eigenvalue weighted by molar-refractivity contribution is 7.98. The molecule has 0 aromatic heterocycles. The molecule has 33 heavy (non-hydrogen) atoms. The number of nitrogens with one attached hydrogen (secondary N) is 2. The molecule has 7 nitrogen and oxygen atoms in total. The molecule has 2 aliphatic carbocycles. The summed E-state index contributed by atoms with van der Waals surface area (Å²) in [5, 5.41) is 14.6. The van der Waals surface area contributed by atoms with Gasteiger partial charge in [0.05, 0.1) is 0 Å². The van der Waals surface area contributed by atoms with Crippen molar-refractivity contribution in [2.45, 2.75) is 24.8 Å². The molecule has 174 valence electrons. The number of hydrogen-bond donors (Lipinski definition) is 3. The molecule has 0 spiro atoms. The largest absolute Gasteiger partial charge is 0.480 e. The third-order valence-corrected chi connectivity index (χ3v) is 6.98. The van der Waals surface area contributed by atoms with E-state index in [-0.39, 0.29) is 30.3 Å². The maximum atomic E-state index is 12.3. The van der Waals surface area contributed by atoms with Crippen molar-refractivity contribution < 1.29 is 24.2 Å². The second-order valence-electron chi connectivity index (χ2n) is 8.49. The average molecular weight is 469 g/mol. The van der Waals surface area contributed by atoms with Gasteiger partial charge in [-0.1, -0.05) is 48.5 Å². The maximum absolute atomic E-state index is 12.3. The van der Waals surface area contributed by atoms with Gasteiger partial charge >= 0.3 is 12.1 Å². The minimum Gasteiger partial charge on any atom is -0.480 e. The molecular weight excluding hydrogens is 440 g/mol. The van der Waals surface area contributed by atoms with E-state index in [0.717, 1.165) is 11.1 Å². The van der Waals surface area contributed by atoms with Gasteiger partial charge in [0.1, 0.15) is 12.6 Å². The Morgan fingerprint density at radius 1 is 1.09 bits per heavy atom. The number of hydrogen-bond acceptors (Lipinski definition) is 5. The van der Waals surface area contributed by atoms with Gasteiger partial charge in [-0.05, 0) is 53.0 Å². The van der Waals surface area contributed by atoms with Gasteiger partial charge < -0.3 is 20.5 Å². The Kier molecular flexibility index (Phi) is 7.23. The lowest BCUT2D eigenvalue weighted by atomic mass is 9.98. The summed E-state index contributed by atoms with van der Waals surface area (Å²) in [4.78, 5) is 36.0. The Morgan fingerprint density at radius 3 is 2.33 bits per heavy atom. The Balaban J connectivity index is 1.24. The highest BCUT2D eigenvalue weighted by Gasteiger charge is 2.44. The quantitative estimate of drug-likeness (QED) is 0.493. The summed E-state index contributed by atoms with van der Waals surface area (Å²) >= 11 is 1.54. The van der Waals surface area contributed by atoms with Crippen LogP contribution in [0.3, 0.4) is 0 Å². The average Bonchev–Trinajstić information content (AvgIpc) is 3.54. The number of amides is 2. The monoisotopic (exact) mass is 468 g/mol. The highest BCUT2D eigenvalue weighted by Crippen LogP contribution is 2.44. The number of carboxylic acid groups (broad SMARTS) is 1. The maximum Gasteiger partial charge on any atom is 0.407 e. The normalized spacial score (nSPS) is 19.2. The summed E-state index contributed by atoms with van der Waals surface area (Å²) in [7, 11) is 0. The first-order valence-electron chi connectivity index (χ1n) is 11.1. The van der Waals surface area contributed by atoms with Crippen LogP contribution >= 0.6 is 11.8 Å². The van der Waals surface area contributed by atoms with E-state index in [1.54, 1.807) is 11.8 Å². The lowest BCUT2D eigenvalue weighted by Gasteiger charge is -2.15. The Morgan fingerprint density at radius 2 is 1.73 bits per heavy atom. The predicted molar refractivity (Wildman–Crippen MR) is 127 cm³/mol. The number of ether oxygens (including phenoxy) is 1. The SMILES string of the molecule is CSCCC(NC(=O)[C@@H]1C[C@@H]1CNC(=O)OCC1c2ccccc2-c2ccccc21)C(=O)O. The topological polar surface area (TPSA) is 105 Å². The predicted octanol–water partition coefficient (Wildman–Crippen LogP) is 3.48. The van der Waals surface area contributed by atoms with Gasteiger partial charge in [0, 0.05) is 18.4 Å². The van der Waals surface area contributed by atoms with Gasteiger partial charge in [0.15, 0.2) is 0 Å². The lowest BCUT2D eigenvalue weighted by molar-refractivity contribution is -0.142. The third kappa shape index (κ3) is 5.33. The molecule has 2 aromatic carbocycles. The van der Waals surface area contributed by atoms with Crippen LogP contribution in [0.4, 0.5) is 4.79 Å². The Bertz CT molecular complexity index is 997. The van der Waals surface area contributed by atoms with Crippen molar-refractivity contribution in [3.05, 3.63) is 59.7 Å². The molecule has 0 heterocycles. The van der Waals surface area contributed by atoms with Gasteiger partial charge in [-0.3, -0.25) is 4.79 Å². The zero-order valence-electron chi connectivity index (χ0n) is 18.5. The summed E-state index contributed by atoms with van der Waals surface area (Å²) in [5.74, 6) is -0.893. The molecule has 2 aliphatic rings. The van der Waals surface area contributed by atoms with Crippen molar-refractivity contribution in [2.24, 2.45) is 11.8 Å². The summed E-state index contributed by atoms with van der Waals surface area (Å²) in [5.41, 5.74) is 4.65. The Hall–Kier alpha value is -3.00. The standard InChI is InChI=1S/C25H28N2O5S/c1-33-11-10-22(24(29)30)27-23(28)20-12-15(20)13-26-25(31)32-14-21-18-8-4-2-6-16(18)17-7-3-5-9-19(17)21/h2-9,15,20-22H,10-14H2,1H3,(H,26,31)(H,27,28)(H,29,30)/t15-,20-,22?/m1/s1. The molecule has 0 radical (unpaired) electrons. The van der Waals surface area contributed by atoms with Crippen LogP contribution in [0, 0.1) is 11.8 Å². The first-order chi connectivity index (χ1) is 16.0. The van der Waals surface area contributed by atoms with E-state index in [1.807, 2.05) is 30.5 Å². The molecule has 2 amide bonds. The van der Waals surface area contributed by atoms with Crippen molar-refractivity contribution in [1.29, 1.82) is 0 Å². The minimum absolute atomic E-state index is 0.000442. The summed E-state index contributed by atoms with van der Waals surface area (Å²) in [6, 6.07) is 15.4. The number of carbonyl (C=O) groups excluding carboxylic acids is 2. The second kappa shape index (κ2) is 10.3. The van der Waals surface area contributed by atoms with Crippen molar-refractivity contribution in [3.63, 3.8) is 0 Å². The zero-order valence-corrected chi connectivity index (χ0v) is 19.3. The van der Waals surface area contributed by atoms with Crippen molar-refractivity contribution in [1.82, 2.24) is 10.6 Å². The molecule has 1 unspecified atom stereocenters. The van der Waals surface area contributed by atoms with Crippen LogP contribution in [0.15, 0.2) is 48.5 Å².